The van der Waals surface area contributed by atoms with Crippen molar-refractivity contribution in [3.8, 4) is 5.69 Å². The monoisotopic (exact) mass is 448 g/mol. The molecular formula is C22H17ClN6OS. The second kappa shape index (κ2) is 8.33. The summed E-state index contributed by atoms with van der Waals surface area (Å²) >= 11 is 7.84. The van der Waals surface area contributed by atoms with E-state index in [0.717, 1.165) is 28.0 Å². The molecule has 0 unspecified atom stereocenters. The minimum Gasteiger partial charge on any atom is -0.348 e. The highest BCUT2D eigenvalue weighted by atomic mass is 35.5. The number of carbonyl (C=O) groups excluding carboxylic acids is 1. The van der Waals surface area contributed by atoms with Gasteiger partial charge in [-0.25, -0.2) is 9.67 Å². The van der Waals surface area contributed by atoms with E-state index >= 15 is 0 Å². The number of halogens is 1. The molecule has 31 heavy (non-hydrogen) atoms. The molecule has 4 heterocycles. The van der Waals surface area contributed by atoms with Crippen molar-refractivity contribution in [3.63, 3.8) is 0 Å². The summed E-state index contributed by atoms with van der Waals surface area (Å²) in [5.41, 5.74) is 4.11. The third-order valence-corrected chi connectivity index (χ3v) is 5.97. The zero-order valence-corrected chi connectivity index (χ0v) is 17.8. The number of aromatic nitrogens is 5. The molecule has 0 aliphatic rings. The number of fused-ring (bicyclic) bond motifs is 1. The van der Waals surface area contributed by atoms with Crippen LogP contribution in [0.1, 0.15) is 21.6 Å². The van der Waals surface area contributed by atoms with Crippen LogP contribution in [0.25, 0.3) is 16.7 Å². The van der Waals surface area contributed by atoms with Gasteiger partial charge in [-0.3, -0.25) is 4.79 Å². The average molecular weight is 449 g/mol. The molecule has 0 saturated heterocycles. The molecule has 5 rings (SSSR count). The van der Waals surface area contributed by atoms with Crippen LogP contribution in [-0.4, -0.2) is 30.5 Å². The molecule has 0 bridgehead atoms. The van der Waals surface area contributed by atoms with Gasteiger partial charge in [-0.1, -0.05) is 16.8 Å². The number of amides is 1. The number of hydrogen-bond donors (Lipinski definition) is 1. The van der Waals surface area contributed by atoms with E-state index in [-0.39, 0.29) is 5.91 Å². The van der Waals surface area contributed by atoms with E-state index in [1.165, 1.54) is 0 Å². The Morgan fingerprint density at radius 2 is 2.00 bits per heavy atom. The Labute approximate surface area is 186 Å². The fourth-order valence-electron chi connectivity index (χ4n) is 3.30. The molecule has 0 aliphatic heterocycles. The lowest BCUT2D eigenvalue weighted by Crippen LogP contribution is -2.22. The predicted octanol–water partition coefficient (Wildman–Crippen LogP) is 4.31. The Balaban J connectivity index is 1.28. The zero-order valence-electron chi connectivity index (χ0n) is 16.3. The van der Waals surface area contributed by atoms with Gasteiger partial charge in [0.25, 0.3) is 5.91 Å². The quantitative estimate of drug-likeness (QED) is 0.420. The number of thiophene rings is 1. The van der Waals surface area contributed by atoms with Gasteiger partial charge in [0.2, 0.25) is 0 Å². The van der Waals surface area contributed by atoms with E-state index in [2.05, 4.69) is 20.6 Å². The molecule has 0 fully saturated rings. The largest absolute Gasteiger partial charge is 0.348 e. The van der Waals surface area contributed by atoms with Crippen LogP contribution in [0.15, 0.2) is 71.8 Å². The summed E-state index contributed by atoms with van der Waals surface area (Å²) in [6, 6.07) is 13.0. The van der Waals surface area contributed by atoms with Crippen LogP contribution in [0.3, 0.4) is 0 Å². The van der Waals surface area contributed by atoms with Crippen molar-refractivity contribution in [3.05, 3.63) is 93.7 Å². The first-order chi connectivity index (χ1) is 15.2. The van der Waals surface area contributed by atoms with Crippen LogP contribution in [0.5, 0.6) is 0 Å². The van der Waals surface area contributed by atoms with Crippen LogP contribution in [-0.2, 0) is 13.1 Å². The number of pyridine rings is 1. The molecule has 1 aromatic carbocycles. The first-order valence-corrected chi connectivity index (χ1v) is 10.9. The lowest BCUT2D eigenvalue weighted by molar-refractivity contribution is 0.0951. The second-order valence-electron chi connectivity index (χ2n) is 6.99. The summed E-state index contributed by atoms with van der Waals surface area (Å²) in [4.78, 5) is 16.7. The van der Waals surface area contributed by atoms with Crippen LogP contribution in [0, 0.1) is 0 Å². The van der Waals surface area contributed by atoms with Gasteiger partial charge in [-0.15, -0.1) is 5.10 Å². The molecule has 1 amide bonds. The van der Waals surface area contributed by atoms with Gasteiger partial charge >= 0.3 is 0 Å². The maximum absolute atomic E-state index is 12.3. The molecule has 0 aliphatic carbocycles. The summed E-state index contributed by atoms with van der Waals surface area (Å²) in [5, 5.41) is 17.0. The van der Waals surface area contributed by atoms with Crippen LogP contribution in [0.4, 0.5) is 0 Å². The Kier molecular flexibility index (Phi) is 5.23. The predicted molar refractivity (Wildman–Crippen MR) is 121 cm³/mol. The Morgan fingerprint density at radius 1 is 1.13 bits per heavy atom. The fraction of sp³-hybridized carbons (Fsp3) is 0.0909. The Bertz CT molecular complexity index is 1340. The minimum absolute atomic E-state index is 0.109. The van der Waals surface area contributed by atoms with E-state index < -0.39 is 0 Å². The maximum Gasteiger partial charge on any atom is 0.251 e. The molecule has 0 saturated carbocycles. The van der Waals surface area contributed by atoms with Crippen LogP contribution < -0.4 is 5.32 Å². The highest BCUT2D eigenvalue weighted by Crippen LogP contribution is 2.22. The van der Waals surface area contributed by atoms with Gasteiger partial charge in [0.05, 0.1) is 23.5 Å². The number of nitrogens with zero attached hydrogens (tertiary/aromatic N) is 5. The Hall–Kier alpha value is -3.49. The van der Waals surface area contributed by atoms with E-state index in [0.29, 0.717) is 23.7 Å². The van der Waals surface area contributed by atoms with Crippen molar-refractivity contribution >= 4 is 39.9 Å². The summed E-state index contributed by atoms with van der Waals surface area (Å²) in [6.07, 6.45) is 5.49. The fourth-order valence-corrected chi connectivity index (χ4v) is 4.17. The van der Waals surface area contributed by atoms with Crippen LogP contribution in [0.2, 0.25) is 5.02 Å². The van der Waals surface area contributed by atoms with Gasteiger partial charge in [0, 0.05) is 29.9 Å². The average Bonchev–Trinajstić information content (AvgIpc) is 3.55. The number of carbonyl (C=O) groups is 1. The second-order valence-corrected chi connectivity index (χ2v) is 8.18. The molecule has 154 valence electrons. The van der Waals surface area contributed by atoms with E-state index in [4.69, 9.17) is 11.6 Å². The summed E-state index contributed by atoms with van der Waals surface area (Å²) < 4.78 is 3.67. The molecule has 5 aromatic rings. The van der Waals surface area contributed by atoms with Crippen LogP contribution >= 0.6 is 22.9 Å². The lowest BCUT2D eigenvalue weighted by Gasteiger charge is -2.05. The number of hydrogen-bond acceptors (Lipinski definition) is 5. The molecule has 1 N–H and O–H groups in total. The van der Waals surface area contributed by atoms with Gasteiger partial charge in [-0.2, -0.15) is 11.3 Å². The number of benzene rings is 1. The topological polar surface area (TPSA) is 77.6 Å². The van der Waals surface area contributed by atoms with E-state index in [9.17, 15) is 4.79 Å². The molecule has 9 heteroatoms. The van der Waals surface area contributed by atoms with Gasteiger partial charge in [0.15, 0.2) is 0 Å². The van der Waals surface area contributed by atoms with Crippen molar-refractivity contribution in [2.75, 3.05) is 0 Å². The third kappa shape index (κ3) is 4.08. The maximum atomic E-state index is 12.3. The standard InChI is InChI=1S/C22H17ClN6OS/c23-20-5-8-24-21-19(20)6-9-28(21)12-17-13-29(27-26-17)18-3-1-16(2-4-18)22(30)25-11-15-7-10-31-14-15/h1-10,13-14H,11-12H2,(H,25,30). The normalized spacial score (nSPS) is 11.1. The molecule has 0 radical (unpaired) electrons. The third-order valence-electron chi connectivity index (χ3n) is 4.91. The zero-order chi connectivity index (χ0) is 21.2. The molecule has 0 atom stereocenters. The van der Waals surface area contributed by atoms with Crippen molar-refractivity contribution < 1.29 is 4.79 Å². The molecular weight excluding hydrogens is 432 g/mol. The summed E-state index contributed by atoms with van der Waals surface area (Å²) in [5.74, 6) is -0.109. The smallest absolute Gasteiger partial charge is 0.251 e. The molecule has 0 spiro atoms. The van der Waals surface area contributed by atoms with Crippen molar-refractivity contribution in [2.45, 2.75) is 13.1 Å². The van der Waals surface area contributed by atoms with Crippen molar-refractivity contribution in [1.82, 2.24) is 29.9 Å². The summed E-state index contributed by atoms with van der Waals surface area (Å²) in [6.45, 7) is 1.05. The minimum atomic E-state index is -0.109. The SMILES string of the molecule is O=C(NCc1ccsc1)c1ccc(-n2cc(Cn3ccc4c(Cl)ccnc43)nn2)cc1. The van der Waals surface area contributed by atoms with Gasteiger partial charge < -0.3 is 9.88 Å². The first kappa shape index (κ1) is 19.5. The number of rotatable bonds is 6. The van der Waals surface area contributed by atoms with E-state index in [1.807, 2.05) is 52.0 Å². The van der Waals surface area contributed by atoms with Gasteiger partial charge in [0.1, 0.15) is 11.3 Å². The lowest BCUT2D eigenvalue weighted by atomic mass is 10.2. The highest BCUT2D eigenvalue weighted by Gasteiger charge is 2.10. The first-order valence-electron chi connectivity index (χ1n) is 9.58. The van der Waals surface area contributed by atoms with Crippen molar-refractivity contribution in [1.29, 1.82) is 0 Å². The molecule has 7 nitrogen and oxygen atoms in total. The van der Waals surface area contributed by atoms with E-state index in [1.54, 1.807) is 40.4 Å². The number of nitrogens with one attached hydrogen (secondary N) is 1. The summed E-state index contributed by atoms with van der Waals surface area (Å²) in [7, 11) is 0. The highest BCUT2D eigenvalue weighted by molar-refractivity contribution is 7.07. The van der Waals surface area contributed by atoms with Crippen molar-refractivity contribution in [2.24, 2.45) is 0 Å². The van der Waals surface area contributed by atoms with Gasteiger partial charge in [-0.05, 0) is 58.8 Å². The molecule has 4 aromatic heterocycles. The Morgan fingerprint density at radius 3 is 2.81 bits per heavy atom.